The minimum atomic E-state index is -0.640. The van der Waals surface area contributed by atoms with Crippen LogP contribution in [-0.2, 0) is 23.9 Å². The van der Waals surface area contributed by atoms with Gasteiger partial charge in [0.2, 0.25) is 12.2 Å². The Morgan fingerprint density at radius 3 is 2.72 bits per heavy atom. The van der Waals surface area contributed by atoms with Gasteiger partial charge in [-0.15, -0.1) is 0 Å². The van der Waals surface area contributed by atoms with Gasteiger partial charge in [-0.1, -0.05) is 0 Å². The average molecular weight is 253 g/mol. The van der Waals surface area contributed by atoms with Gasteiger partial charge >= 0.3 is 5.97 Å². The quantitative estimate of drug-likeness (QED) is 0.190. The van der Waals surface area contributed by atoms with E-state index in [1.54, 1.807) is 0 Å². The fourth-order valence-electron chi connectivity index (χ4n) is 1.11. The summed E-state index contributed by atoms with van der Waals surface area (Å²) in [6.45, 7) is -0.219. The van der Waals surface area contributed by atoms with E-state index in [0.717, 1.165) is 0 Å². The third-order valence-electron chi connectivity index (χ3n) is 1.84. The van der Waals surface area contributed by atoms with E-state index in [2.05, 4.69) is 19.5 Å². The molecule has 0 bridgehead atoms. The Balaban J connectivity index is 4.02. The van der Waals surface area contributed by atoms with Crippen LogP contribution < -0.4 is 0 Å². The van der Waals surface area contributed by atoms with Crippen LogP contribution in [0.25, 0.3) is 0 Å². The van der Waals surface area contributed by atoms with Crippen LogP contribution in [0.5, 0.6) is 0 Å². The lowest BCUT2D eigenvalue weighted by Crippen LogP contribution is -2.15. The van der Waals surface area contributed by atoms with Crippen molar-refractivity contribution >= 4 is 18.1 Å². The predicted molar refractivity (Wildman–Crippen MR) is 56.4 cm³/mol. The van der Waals surface area contributed by atoms with Crippen LogP contribution >= 0.6 is 0 Å². The Kier molecular flexibility index (Phi) is 9.50. The number of carbonyl (C=O) groups is 1. The Bertz CT molecular complexity index is 391. The van der Waals surface area contributed by atoms with E-state index in [0.29, 0.717) is 12.8 Å². The molecular weight excluding hydrogens is 242 g/mol. The molecule has 0 saturated heterocycles. The first-order valence-corrected chi connectivity index (χ1v) is 5.01. The van der Waals surface area contributed by atoms with E-state index in [1.807, 2.05) is 0 Å². The minimum Gasteiger partial charge on any atom is -0.442 e. The predicted octanol–water partition coefficient (Wildman–Crippen LogP) is 0.195. The van der Waals surface area contributed by atoms with E-state index in [9.17, 15) is 14.4 Å². The number of esters is 1. The smallest absolute Gasteiger partial charge is 0.309 e. The van der Waals surface area contributed by atoms with Gasteiger partial charge in [0, 0.05) is 0 Å². The number of aliphatic imine (C=N–C) groups is 2. The normalized spacial score (nSPS) is 10.2. The molecule has 0 fully saturated rings. The van der Waals surface area contributed by atoms with Crippen LogP contribution in [0.3, 0.4) is 0 Å². The molecule has 0 rings (SSSR count). The summed E-state index contributed by atoms with van der Waals surface area (Å²) in [7, 11) is 0. The first-order chi connectivity index (χ1) is 8.74. The Labute approximate surface area is 103 Å². The molecule has 0 radical (unpaired) electrons. The zero-order valence-corrected chi connectivity index (χ0v) is 9.50. The van der Waals surface area contributed by atoms with Gasteiger partial charge in [-0.05, 0) is 12.8 Å². The zero-order valence-electron chi connectivity index (χ0n) is 9.50. The fourth-order valence-corrected chi connectivity index (χ4v) is 1.11. The van der Waals surface area contributed by atoms with Crippen molar-refractivity contribution < 1.29 is 23.9 Å². The Hall–Kier alpha value is -2.48. The standard InChI is InChI=1S/C10H11N3O5/c11-5-17-3-1-2-9(13-7-15)4-10(16)18-8-12-6-14/h9H,1-4,8H2. The molecule has 0 aromatic rings. The first kappa shape index (κ1) is 15.5. The highest BCUT2D eigenvalue weighted by Gasteiger charge is 2.14. The van der Waals surface area contributed by atoms with Crippen LogP contribution in [0.15, 0.2) is 9.98 Å². The minimum absolute atomic E-state index is 0.129. The van der Waals surface area contributed by atoms with Crippen molar-refractivity contribution in [1.82, 2.24) is 0 Å². The van der Waals surface area contributed by atoms with Gasteiger partial charge in [0.05, 0.1) is 12.5 Å². The van der Waals surface area contributed by atoms with E-state index in [1.165, 1.54) is 18.4 Å². The van der Waals surface area contributed by atoms with Crippen molar-refractivity contribution in [2.45, 2.75) is 25.3 Å². The summed E-state index contributed by atoms with van der Waals surface area (Å²) < 4.78 is 8.98. The number of isocyanates is 2. The summed E-state index contributed by atoms with van der Waals surface area (Å²) in [5.74, 6) is -0.640. The van der Waals surface area contributed by atoms with Gasteiger partial charge in [-0.25, -0.2) is 14.6 Å². The second kappa shape index (κ2) is 11.0. The van der Waals surface area contributed by atoms with Gasteiger partial charge in [0.1, 0.15) is 6.61 Å². The van der Waals surface area contributed by atoms with Gasteiger partial charge < -0.3 is 9.47 Å². The van der Waals surface area contributed by atoms with Crippen LogP contribution in [0, 0.1) is 11.5 Å². The third-order valence-corrected chi connectivity index (χ3v) is 1.84. The topological polar surface area (TPSA) is 118 Å². The van der Waals surface area contributed by atoms with Crippen molar-refractivity contribution in [2.24, 2.45) is 9.98 Å². The number of nitrogens with zero attached hydrogens (tertiary/aromatic N) is 3. The van der Waals surface area contributed by atoms with Crippen molar-refractivity contribution in [2.75, 3.05) is 13.3 Å². The molecular formula is C10H11N3O5. The highest BCUT2D eigenvalue weighted by molar-refractivity contribution is 5.70. The van der Waals surface area contributed by atoms with E-state index >= 15 is 0 Å². The van der Waals surface area contributed by atoms with E-state index < -0.39 is 18.7 Å². The first-order valence-electron chi connectivity index (χ1n) is 5.01. The molecule has 0 aliphatic carbocycles. The molecule has 0 spiro atoms. The summed E-state index contributed by atoms with van der Waals surface area (Å²) >= 11 is 0. The summed E-state index contributed by atoms with van der Waals surface area (Å²) in [6.07, 6.45) is 4.78. The maximum absolute atomic E-state index is 11.2. The van der Waals surface area contributed by atoms with Crippen LogP contribution in [0.4, 0.5) is 0 Å². The maximum atomic E-state index is 11.2. The second-order valence-electron chi connectivity index (χ2n) is 3.06. The monoisotopic (exact) mass is 253 g/mol. The summed E-state index contributed by atoms with van der Waals surface area (Å²) in [5.41, 5.74) is 0. The van der Waals surface area contributed by atoms with Crippen molar-refractivity contribution in [3.05, 3.63) is 0 Å². The molecule has 0 aliphatic rings. The molecule has 18 heavy (non-hydrogen) atoms. The Morgan fingerprint density at radius 1 is 1.33 bits per heavy atom. The highest BCUT2D eigenvalue weighted by Crippen LogP contribution is 2.07. The van der Waals surface area contributed by atoms with Crippen LogP contribution in [-0.4, -0.2) is 37.5 Å². The third kappa shape index (κ3) is 8.80. The van der Waals surface area contributed by atoms with Gasteiger partial charge in [-0.2, -0.15) is 10.3 Å². The highest BCUT2D eigenvalue weighted by atomic mass is 16.5. The van der Waals surface area contributed by atoms with Gasteiger partial charge in [0.15, 0.2) is 6.73 Å². The summed E-state index contributed by atoms with van der Waals surface area (Å²) in [4.78, 5) is 37.6. The summed E-state index contributed by atoms with van der Waals surface area (Å²) in [5, 5.41) is 8.13. The molecule has 0 N–H and O–H groups in total. The second-order valence-corrected chi connectivity index (χ2v) is 3.06. The van der Waals surface area contributed by atoms with Gasteiger partial charge in [-0.3, -0.25) is 4.79 Å². The average Bonchev–Trinajstić information content (AvgIpc) is 2.35. The largest absolute Gasteiger partial charge is 0.442 e. The lowest BCUT2D eigenvalue weighted by molar-refractivity contribution is -0.143. The zero-order chi connectivity index (χ0) is 13.6. The molecule has 0 heterocycles. The van der Waals surface area contributed by atoms with E-state index in [4.69, 9.17) is 5.26 Å². The van der Waals surface area contributed by atoms with E-state index in [-0.39, 0.29) is 13.0 Å². The van der Waals surface area contributed by atoms with Crippen LogP contribution in [0.1, 0.15) is 19.3 Å². The number of hydrogen-bond acceptors (Lipinski definition) is 8. The van der Waals surface area contributed by atoms with Crippen molar-refractivity contribution in [3.63, 3.8) is 0 Å². The molecule has 1 unspecified atom stereocenters. The molecule has 0 amide bonds. The van der Waals surface area contributed by atoms with Gasteiger partial charge in [0.25, 0.3) is 6.26 Å². The molecule has 0 aromatic carbocycles. The number of carbonyl (C=O) groups excluding carboxylic acids is 3. The molecule has 0 saturated carbocycles. The number of nitriles is 1. The lowest BCUT2D eigenvalue weighted by Gasteiger charge is -2.08. The molecule has 1 atom stereocenters. The van der Waals surface area contributed by atoms with Crippen molar-refractivity contribution in [1.29, 1.82) is 5.26 Å². The SMILES string of the molecule is N#COCCCC(CC(=O)OCN=C=O)N=C=O. The van der Waals surface area contributed by atoms with Crippen molar-refractivity contribution in [3.8, 4) is 6.26 Å². The Morgan fingerprint density at radius 2 is 2.11 bits per heavy atom. The lowest BCUT2D eigenvalue weighted by atomic mass is 10.1. The molecule has 8 nitrogen and oxygen atoms in total. The molecule has 0 aliphatic heterocycles. The number of rotatable bonds is 9. The maximum Gasteiger partial charge on any atom is 0.309 e. The number of ether oxygens (including phenoxy) is 2. The van der Waals surface area contributed by atoms with Crippen LogP contribution in [0.2, 0.25) is 0 Å². The molecule has 96 valence electrons. The fraction of sp³-hybridized carbons (Fsp3) is 0.600. The molecule has 8 heteroatoms. The number of hydrogen-bond donors (Lipinski definition) is 0. The molecule has 0 aromatic heterocycles. The summed E-state index contributed by atoms with van der Waals surface area (Å²) in [6, 6.07) is -0.586.